The number of rotatable bonds is 42. The maximum absolute atomic E-state index is 12.7. The molecule has 0 radical (unpaired) electrons. The van der Waals surface area contributed by atoms with Crippen LogP contribution in [0.3, 0.4) is 0 Å². The van der Waals surface area contributed by atoms with Crippen molar-refractivity contribution in [3.8, 4) is 0 Å². The summed E-state index contributed by atoms with van der Waals surface area (Å²) in [4.78, 5) is 37.8. The number of hydrogen-bond donors (Lipinski definition) is 0. The smallest absolute Gasteiger partial charge is 0.306 e. The first-order valence-corrected chi connectivity index (χ1v) is 24.2. The molecule has 0 unspecified atom stereocenters. The fraction of sp³-hybridized carbons (Fsp3) is 0.648. The molecule has 1 atom stereocenters. The van der Waals surface area contributed by atoms with E-state index in [0.717, 1.165) is 116 Å². The van der Waals surface area contributed by atoms with E-state index < -0.39 is 6.10 Å². The molecule has 6 nitrogen and oxygen atoms in total. The minimum Gasteiger partial charge on any atom is -0.462 e. The third-order valence-electron chi connectivity index (χ3n) is 9.79. The van der Waals surface area contributed by atoms with Crippen LogP contribution in [0, 0.1) is 0 Å². The van der Waals surface area contributed by atoms with Crippen molar-refractivity contribution < 1.29 is 28.6 Å². The van der Waals surface area contributed by atoms with E-state index in [4.69, 9.17) is 14.2 Å². The third-order valence-corrected chi connectivity index (χ3v) is 9.79. The van der Waals surface area contributed by atoms with Gasteiger partial charge in [0.25, 0.3) is 0 Å². The van der Waals surface area contributed by atoms with Crippen LogP contribution in [0.1, 0.15) is 207 Å². The van der Waals surface area contributed by atoms with Gasteiger partial charge in [-0.15, -0.1) is 0 Å². The number of hydrogen-bond acceptors (Lipinski definition) is 6. The Labute approximate surface area is 368 Å². The van der Waals surface area contributed by atoms with Gasteiger partial charge in [-0.25, -0.2) is 0 Å². The Bertz CT molecular complexity index is 1230. The molecular formula is C54H88O6. The van der Waals surface area contributed by atoms with E-state index in [1.54, 1.807) is 0 Å². The predicted octanol–water partition coefficient (Wildman–Crippen LogP) is 15.8. The molecule has 0 aromatic carbocycles. The lowest BCUT2D eigenvalue weighted by molar-refractivity contribution is -0.167. The second-order valence-corrected chi connectivity index (χ2v) is 15.6. The lowest BCUT2D eigenvalue weighted by Crippen LogP contribution is -2.30. The zero-order valence-corrected chi connectivity index (χ0v) is 38.7. The number of carbonyl (C=O) groups is 3. The fourth-order valence-corrected chi connectivity index (χ4v) is 6.12. The van der Waals surface area contributed by atoms with E-state index in [0.29, 0.717) is 19.3 Å². The molecule has 0 aromatic rings. The number of carbonyl (C=O) groups excluding carboxylic acids is 3. The van der Waals surface area contributed by atoms with Crippen LogP contribution in [0.15, 0.2) is 97.2 Å². The Morgan fingerprint density at radius 3 is 1.10 bits per heavy atom. The van der Waals surface area contributed by atoms with Gasteiger partial charge in [0.2, 0.25) is 0 Å². The minimum absolute atomic E-state index is 0.107. The molecular weight excluding hydrogens is 745 g/mol. The van der Waals surface area contributed by atoms with Crippen molar-refractivity contribution in [2.75, 3.05) is 13.2 Å². The van der Waals surface area contributed by atoms with Gasteiger partial charge in [0.15, 0.2) is 6.10 Å². The SMILES string of the molecule is CC/C=C\C/C=C\C/C=C\C/C=C\C/C=C\CCCC(=O)OC[C@@H](COC(=O)CCCCCCC/C=C\CCCC)OC(=O)CCCCCCC/C=C\C/C=C\CCCC. The molecule has 0 rings (SSSR count). The number of unbranched alkanes of at least 4 members (excludes halogenated alkanes) is 15. The van der Waals surface area contributed by atoms with Crippen LogP contribution in [0.5, 0.6) is 0 Å². The molecule has 0 amide bonds. The number of esters is 3. The number of ether oxygens (including phenoxy) is 3. The van der Waals surface area contributed by atoms with Crippen LogP contribution in [0.2, 0.25) is 0 Å². The predicted molar refractivity (Wildman–Crippen MR) is 256 cm³/mol. The summed E-state index contributed by atoms with van der Waals surface area (Å²) >= 11 is 0. The lowest BCUT2D eigenvalue weighted by Gasteiger charge is -2.18. The maximum atomic E-state index is 12.7. The van der Waals surface area contributed by atoms with Gasteiger partial charge in [0.05, 0.1) is 0 Å². The van der Waals surface area contributed by atoms with Crippen molar-refractivity contribution in [3.63, 3.8) is 0 Å². The molecule has 340 valence electrons. The Kier molecular flexibility index (Phi) is 45.1. The molecule has 0 spiro atoms. The summed E-state index contributed by atoms with van der Waals surface area (Å²) in [6.45, 7) is 6.35. The summed E-state index contributed by atoms with van der Waals surface area (Å²) in [7, 11) is 0. The van der Waals surface area contributed by atoms with Crippen LogP contribution < -0.4 is 0 Å². The molecule has 0 fully saturated rings. The molecule has 60 heavy (non-hydrogen) atoms. The second kappa shape index (κ2) is 48.0. The van der Waals surface area contributed by atoms with Gasteiger partial charge in [0.1, 0.15) is 13.2 Å². The van der Waals surface area contributed by atoms with Gasteiger partial charge in [-0.05, 0) is 103 Å². The summed E-state index contributed by atoms with van der Waals surface area (Å²) in [6.07, 6.45) is 62.5. The van der Waals surface area contributed by atoms with Crippen molar-refractivity contribution >= 4 is 17.9 Å². The van der Waals surface area contributed by atoms with Crippen LogP contribution in [-0.2, 0) is 28.6 Å². The van der Waals surface area contributed by atoms with E-state index in [1.807, 2.05) is 0 Å². The average molecular weight is 833 g/mol. The Hall–Kier alpha value is -3.67. The van der Waals surface area contributed by atoms with Gasteiger partial charge >= 0.3 is 17.9 Å². The zero-order chi connectivity index (χ0) is 43.7. The van der Waals surface area contributed by atoms with E-state index >= 15 is 0 Å². The zero-order valence-electron chi connectivity index (χ0n) is 38.7. The van der Waals surface area contributed by atoms with Crippen LogP contribution >= 0.6 is 0 Å². The van der Waals surface area contributed by atoms with Crippen LogP contribution in [0.25, 0.3) is 0 Å². The quantitative estimate of drug-likeness (QED) is 0.0264. The van der Waals surface area contributed by atoms with E-state index in [-0.39, 0.29) is 37.5 Å². The van der Waals surface area contributed by atoms with Crippen molar-refractivity contribution in [3.05, 3.63) is 97.2 Å². The Morgan fingerprint density at radius 1 is 0.350 bits per heavy atom. The molecule has 0 aliphatic heterocycles. The molecule has 0 heterocycles. The van der Waals surface area contributed by atoms with Crippen LogP contribution in [0.4, 0.5) is 0 Å². The molecule has 0 saturated heterocycles. The average Bonchev–Trinajstić information content (AvgIpc) is 3.24. The third kappa shape index (κ3) is 45.4. The van der Waals surface area contributed by atoms with Gasteiger partial charge in [-0.2, -0.15) is 0 Å². The second-order valence-electron chi connectivity index (χ2n) is 15.6. The summed E-state index contributed by atoms with van der Waals surface area (Å²) in [5, 5.41) is 0. The van der Waals surface area contributed by atoms with Crippen LogP contribution in [-0.4, -0.2) is 37.2 Å². The Balaban J connectivity index is 4.52. The van der Waals surface area contributed by atoms with Gasteiger partial charge in [0, 0.05) is 19.3 Å². The largest absolute Gasteiger partial charge is 0.462 e. The normalized spacial score (nSPS) is 12.9. The first-order chi connectivity index (χ1) is 29.5. The minimum atomic E-state index is -0.810. The van der Waals surface area contributed by atoms with E-state index in [9.17, 15) is 14.4 Å². The monoisotopic (exact) mass is 833 g/mol. The molecule has 0 bridgehead atoms. The molecule has 6 heteroatoms. The standard InChI is InChI=1S/C54H88O6/c1-4-7-10-13-16-19-22-24-26-27-28-30-32-35-38-41-44-47-53(56)59-50-51(49-58-52(55)46-43-40-37-34-31-21-18-15-12-9-6-3)60-54(57)48-45-42-39-36-33-29-25-23-20-17-14-11-8-5-2/h7,10,14-19,23-26,28,30,35,38,51H,4-6,8-9,11-13,20-22,27,29,31-34,36-37,39-50H2,1-3H3/b10-7-,17-14-,18-15-,19-16-,25-23-,26-24-,30-28-,38-35-/t51-/m1/s1. The summed E-state index contributed by atoms with van der Waals surface area (Å²) in [5.41, 5.74) is 0. The fourth-order valence-electron chi connectivity index (χ4n) is 6.12. The number of allylic oxidation sites excluding steroid dienone is 16. The van der Waals surface area contributed by atoms with Crippen molar-refractivity contribution in [1.29, 1.82) is 0 Å². The van der Waals surface area contributed by atoms with Gasteiger partial charge in [-0.1, -0.05) is 182 Å². The maximum Gasteiger partial charge on any atom is 0.306 e. The highest BCUT2D eigenvalue weighted by molar-refractivity contribution is 5.71. The van der Waals surface area contributed by atoms with Crippen molar-refractivity contribution in [1.82, 2.24) is 0 Å². The first kappa shape index (κ1) is 56.3. The topological polar surface area (TPSA) is 78.9 Å². The highest BCUT2D eigenvalue weighted by atomic mass is 16.6. The summed E-state index contributed by atoms with van der Waals surface area (Å²) in [6, 6.07) is 0. The summed E-state index contributed by atoms with van der Waals surface area (Å²) in [5.74, 6) is -0.998. The van der Waals surface area contributed by atoms with Gasteiger partial charge < -0.3 is 14.2 Å². The Morgan fingerprint density at radius 2 is 0.667 bits per heavy atom. The van der Waals surface area contributed by atoms with E-state index in [1.165, 1.54) is 44.9 Å². The lowest BCUT2D eigenvalue weighted by atomic mass is 10.1. The molecule has 0 N–H and O–H groups in total. The highest BCUT2D eigenvalue weighted by Gasteiger charge is 2.19. The van der Waals surface area contributed by atoms with Crippen molar-refractivity contribution in [2.24, 2.45) is 0 Å². The molecule has 0 aromatic heterocycles. The molecule has 0 saturated carbocycles. The van der Waals surface area contributed by atoms with E-state index in [2.05, 4.69) is 118 Å². The summed E-state index contributed by atoms with van der Waals surface area (Å²) < 4.78 is 16.7. The highest BCUT2D eigenvalue weighted by Crippen LogP contribution is 2.12. The van der Waals surface area contributed by atoms with Crippen molar-refractivity contribution in [2.45, 2.75) is 213 Å². The first-order valence-electron chi connectivity index (χ1n) is 24.2. The molecule has 0 aliphatic rings. The van der Waals surface area contributed by atoms with Gasteiger partial charge in [-0.3, -0.25) is 14.4 Å². The molecule has 0 aliphatic carbocycles.